The van der Waals surface area contributed by atoms with Gasteiger partial charge in [0.05, 0.1) is 6.54 Å². The van der Waals surface area contributed by atoms with E-state index in [0.717, 1.165) is 49.2 Å². The molecule has 28 heavy (non-hydrogen) atoms. The van der Waals surface area contributed by atoms with E-state index in [9.17, 15) is 0 Å². The van der Waals surface area contributed by atoms with Crippen molar-refractivity contribution in [1.29, 1.82) is 0 Å². The van der Waals surface area contributed by atoms with E-state index < -0.39 is 0 Å². The van der Waals surface area contributed by atoms with E-state index in [0.29, 0.717) is 12.6 Å². The second-order valence-electron chi connectivity index (χ2n) is 7.24. The van der Waals surface area contributed by atoms with Crippen LogP contribution in [0.4, 0.5) is 5.82 Å². The van der Waals surface area contributed by atoms with Crippen LogP contribution in [-0.2, 0) is 0 Å². The number of aryl methyl sites for hydroxylation is 1. The number of guanidine groups is 1. The molecule has 3 rings (SSSR count). The fourth-order valence-electron chi connectivity index (χ4n) is 3.36. The molecule has 0 bridgehead atoms. The van der Waals surface area contributed by atoms with Crippen LogP contribution in [0.2, 0.25) is 0 Å². The number of piperidine rings is 1. The molecule has 1 saturated heterocycles. The van der Waals surface area contributed by atoms with Crippen molar-refractivity contribution >= 4 is 11.8 Å². The molecule has 0 amide bonds. The Hall–Kier alpha value is -2.76. The minimum Gasteiger partial charge on any atom is -0.489 e. The Balaban J connectivity index is 1.41. The third-order valence-electron chi connectivity index (χ3n) is 4.89. The zero-order valence-electron chi connectivity index (χ0n) is 17.1. The summed E-state index contributed by atoms with van der Waals surface area (Å²) in [5.74, 6) is 2.79. The lowest BCUT2D eigenvalue weighted by Gasteiger charge is -2.34. The Kier molecular flexibility index (Phi) is 7.12. The summed E-state index contributed by atoms with van der Waals surface area (Å²) in [5, 5.41) is 6.92. The number of pyridine rings is 1. The van der Waals surface area contributed by atoms with Gasteiger partial charge in [0, 0.05) is 31.9 Å². The predicted octanol–water partition coefficient (Wildman–Crippen LogP) is 2.99. The number of nitrogens with zero attached hydrogens (tertiary/aromatic N) is 3. The van der Waals surface area contributed by atoms with Crippen LogP contribution in [0, 0.1) is 6.92 Å². The number of rotatable bonds is 6. The van der Waals surface area contributed by atoms with E-state index in [1.807, 2.05) is 50.4 Å². The molecule has 1 aromatic heterocycles. The van der Waals surface area contributed by atoms with Crippen LogP contribution in [0.3, 0.4) is 0 Å². The minimum absolute atomic E-state index is 0.0511. The Morgan fingerprint density at radius 3 is 2.61 bits per heavy atom. The van der Waals surface area contributed by atoms with Crippen LogP contribution in [0.1, 0.15) is 25.5 Å². The number of aliphatic imine (C=N–C) groups is 1. The van der Waals surface area contributed by atoms with E-state index >= 15 is 0 Å². The van der Waals surface area contributed by atoms with Crippen LogP contribution in [0.5, 0.6) is 5.75 Å². The first kappa shape index (κ1) is 20.0. The van der Waals surface area contributed by atoms with Gasteiger partial charge in [-0.25, -0.2) is 4.98 Å². The molecule has 0 saturated carbocycles. The molecule has 1 fully saturated rings. The quantitative estimate of drug-likeness (QED) is 0.595. The molecule has 2 N–H and O–H groups in total. The van der Waals surface area contributed by atoms with E-state index in [1.54, 1.807) is 0 Å². The highest BCUT2D eigenvalue weighted by atomic mass is 16.5. The molecular formula is C22H31N5O. The van der Waals surface area contributed by atoms with Crippen LogP contribution >= 0.6 is 0 Å². The standard InChI is InChI=1S/C22H31N5O/c1-17-8-7-11-21(25-17)27-14-12-19(13-15-27)26-22(23-3)24-16-18(2)28-20-9-5-4-6-10-20/h4-11,18-19H,12-16H2,1-3H3,(H2,23,24,26). The molecular weight excluding hydrogens is 350 g/mol. The molecule has 2 heterocycles. The van der Waals surface area contributed by atoms with Crippen molar-refractivity contribution < 1.29 is 4.74 Å². The van der Waals surface area contributed by atoms with Gasteiger partial charge in [-0.05, 0) is 51.0 Å². The van der Waals surface area contributed by atoms with Crippen LogP contribution in [0.25, 0.3) is 0 Å². The van der Waals surface area contributed by atoms with E-state index in [4.69, 9.17) is 4.74 Å². The maximum absolute atomic E-state index is 5.91. The monoisotopic (exact) mass is 381 g/mol. The summed E-state index contributed by atoms with van der Waals surface area (Å²) in [6.45, 7) is 6.79. The average Bonchev–Trinajstić information content (AvgIpc) is 2.72. The second-order valence-corrected chi connectivity index (χ2v) is 7.24. The fraction of sp³-hybridized carbons (Fsp3) is 0.455. The van der Waals surface area contributed by atoms with E-state index in [1.165, 1.54) is 0 Å². The highest BCUT2D eigenvalue weighted by molar-refractivity contribution is 5.80. The zero-order chi connectivity index (χ0) is 19.8. The Bertz CT molecular complexity index is 757. The molecule has 6 heteroatoms. The normalized spacial score (nSPS) is 16.5. The smallest absolute Gasteiger partial charge is 0.191 e. The molecule has 0 aliphatic carbocycles. The number of hydrogen-bond donors (Lipinski definition) is 2. The maximum Gasteiger partial charge on any atom is 0.191 e. The summed E-state index contributed by atoms with van der Waals surface area (Å²) in [7, 11) is 1.81. The second kappa shape index (κ2) is 9.97. The van der Waals surface area contributed by atoms with Crippen molar-refractivity contribution in [3.8, 4) is 5.75 Å². The Morgan fingerprint density at radius 2 is 1.93 bits per heavy atom. The van der Waals surface area contributed by atoms with Crippen LogP contribution in [0.15, 0.2) is 53.5 Å². The van der Waals surface area contributed by atoms with Crippen molar-refractivity contribution in [2.24, 2.45) is 4.99 Å². The molecule has 6 nitrogen and oxygen atoms in total. The fourth-order valence-corrected chi connectivity index (χ4v) is 3.36. The highest BCUT2D eigenvalue weighted by Crippen LogP contribution is 2.18. The molecule has 150 valence electrons. The van der Waals surface area contributed by atoms with Gasteiger partial charge < -0.3 is 20.3 Å². The molecule has 0 radical (unpaired) electrons. The molecule has 2 aromatic rings. The zero-order valence-corrected chi connectivity index (χ0v) is 17.1. The lowest BCUT2D eigenvalue weighted by molar-refractivity contribution is 0.223. The van der Waals surface area contributed by atoms with Crippen LogP contribution in [-0.4, -0.2) is 49.8 Å². The maximum atomic E-state index is 5.91. The largest absolute Gasteiger partial charge is 0.489 e. The Morgan fingerprint density at radius 1 is 1.18 bits per heavy atom. The molecule has 1 unspecified atom stereocenters. The first-order valence-corrected chi connectivity index (χ1v) is 10.0. The highest BCUT2D eigenvalue weighted by Gasteiger charge is 2.21. The van der Waals surface area contributed by atoms with Gasteiger partial charge in [0.25, 0.3) is 0 Å². The summed E-state index contributed by atoms with van der Waals surface area (Å²) in [6, 6.07) is 16.5. The van der Waals surface area contributed by atoms with Crippen molar-refractivity contribution in [2.75, 3.05) is 31.6 Å². The summed E-state index contributed by atoms with van der Waals surface area (Å²) in [5.41, 5.74) is 1.06. The van der Waals surface area contributed by atoms with Gasteiger partial charge in [-0.15, -0.1) is 0 Å². The van der Waals surface area contributed by atoms with Crippen molar-refractivity contribution in [3.05, 3.63) is 54.2 Å². The summed E-state index contributed by atoms with van der Waals surface area (Å²) < 4.78 is 5.91. The van der Waals surface area contributed by atoms with Crippen molar-refractivity contribution in [3.63, 3.8) is 0 Å². The lowest BCUT2D eigenvalue weighted by atomic mass is 10.1. The minimum atomic E-state index is 0.0511. The predicted molar refractivity (Wildman–Crippen MR) is 115 cm³/mol. The molecule has 0 spiro atoms. The number of aromatic nitrogens is 1. The molecule has 1 atom stereocenters. The van der Waals surface area contributed by atoms with Gasteiger partial charge in [-0.3, -0.25) is 4.99 Å². The van der Waals surface area contributed by atoms with Gasteiger partial charge in [0.15, 0.2) is 5.96 Å². The summed E-state index contributed by atoms with van der Waals surface area (Å²) in [4.78, 5) is 11.4. The van der Waals surface area contributed by atoms with Crippen LogP contribution < -0.4 is 20.3 Å². The number of nitrogens with one attached hydrogen (secondary N) is 2. The molecule has 1 aliphatic rings. The van der Waals surface area contributed by atoms with Gasteiger partial charge in [0.2, 0.25) is 0 Å². The third-order valence-corrected chi connectivity index (χ3v) is 4.89. The number of ether oxygens (including phenoxy) is 1. The topological polar surface area (TPSA) is 61.8 Å². The number of anilines is 1. The van der Waals surface area contributed by atoms with Crippen molar-refractivity contribution in [2.45, 2.75) is 38.8 Å². The summed E-state index contributed by atoms with van der Waals surface area (Å²) in [6.07, 6.45) is 2.17. The molecule has 1 aliphatic heterocycles. The van der Waals surface area contributed by atoms with Gasteiger partial charge in [0.1, 0.15) is 17.7 Å². The SMILES string of the molecule is CN=C(NCC(C)Oc1ccccc1)NC1CCN(c2cccc(C)n2)CC1. The Labute approximate surface area is 168 Å². The average molecular weight is 382 g/mol. The number of benzene rings is 1. The first-order valence-electron chi connectivity index (χ1n) is 10.0. The van der Waals surface area contributed by atoms with Gasteiger partial charge in [-0.1, -0.05) is 24.3 Å². The van der Waals surface area contributed by atoms with Gasteiger partial charge in [-0.2, -0.15) is 0 Å². The van der Waals surface area contributed by atoms with E-state index in [-0.39, 0.29) is 6.10 Å². The number of para-hydroxylation sites is 1. The molecule has 1 aromatic carbocycles. The third kappa shape index (κ3) is 5.87. The van der Waals surface area contributed by atoms with Crippen molar-refractivity contribution in [1.82, 2.24) is 15.6 Å². The lowest BCUT2D eigenvalue weighted by Crippen LogP contribution is -2.50. The van der Waals surface area contributed by atoms with E-state index in [2.05, 4.69) is 44.6 Å². The number of hydrogen-bond acceptors (Lipinski definition) is 4. The summed E-state index contributed by atoms with van der Waals surface area (Å²) >= 11 is 0. The van der Waals surface area contributed by atoms with Gasteiger partial charge >= 0.3 is 0 Å². The first-order chi connectivity index (χ1) is 13.6.